The van der Waals surface area contributed by atoms with Gasteiger partial charge in [-0.2, -0.15) is 0 Å². The molecule has 3 aromatic rings. The molecule has 0 fully saturated rings. The number of rotatable bonds is 6. The van der Waals surface area contributed by atoms with E-state index in [4.69, 9.17) is 0 Å². The number of hydrogen-bond acceptors (Lipinski definition) is 3. The summed E-state index contributed by atoms with van der Waals surface area (Å²) in [6.45, 7) is 0.687. The van der Waals surface area contributed by atoms with Crippen LogP contribution in [0.4, 0.5) is 0 Å². The third-order valence-corrected chi connectivity index (χ3v) is 4.92. The van der Waals surface area contributed by atoms with Crippen LogP contribution < -0.4 is 11.0 Å². The average molecular weight is 341 g/mol. The molecule has 5 nitrogen and oxygen atoms in total. The van der Waals surface area contributed by atoms with Crippen molar-refractivity contribution in [1.82, 2.24) is 14.9 Å². The number of aryl methyl sites for hydroxylation is 1. The van der Waals surface area contributed by atoms with E-state index in [-0.39, 0.29) is 11.6 Å². The largest absolute Gasteiger partial charge is 0.355 e. The van der Waals surface area contributed by atoms with E-state index >= 15 is 0 Å². The molecule has 0 saturated heterocycles. The van der Waals surface area contributed by atoms with Crippen molar-refractivity contribution in [3.8, 4) is 0 Å². The second-order valence-corrected chi connectivity index (χ2v) is 6.57. The highest BCUT2D eigenvalue weighted by Gasteiger charge is 2.06. The molecular weight excluding hydrogens is 322 g/mol. The zero-order valence-electron chi connectivity index (χ0n) is 13.4. The fourth-order valence-corrected chi connectivity index (χ4v) is 3.43. The molecule has 0 radical (unpaired) electrons. The minimum absolute atomic E-state index is 0.0591. The minimum atomic E-state index is -0.0785. The first-order valence-electron chi connectivity index (χ1n) is 7.81. The Morgan fingerprint density at radius 1 is 1.17 bits per heavy atom. The van der Waals surface area contributed by atoms with Crippen LogP contribution >= 0.6 is 11.8 Å². The van der Waals surface area contributed by atoms with Gasteiger partial charge < -0.3 is 10.3 Å². The van der Waals surface area contributed by atoms with E-state index in [1.807, 2.05) is 48.5 Å². The molecule has 6 heteroatoms. The Balaban J connectivity index is 1.56. The number of nitrogens with one attached hydrogen (secondary N) is 2. The number of aromatic amines is 1. The van der Waals surface area contributed by atoms with Crippen LogP contribution in [0.3, 0.4) is 0 Å². The number of H-pyrrole nitrogens is 1. The summed E-state index contributed by atoms with van der Waals surface area (Å²) >= 11 is 1.72. The summed E-state index contributed by atoms with van der Waals surface area (Å²) in [5.41, 5.74) is 2.42. The lowest BCUT2D eigenvalue weighted by atomic mass is 10.2. The van der Waals surface area contributed by atoms with Crippen molar-refractivity contribution in [1.29, 1.82) is 0 Å². The maximum atomic E-state index is 12.0. The number of thioether (sulfide) groups is 1. The molecular formula is C18H19N3O2S. The van der Waals surface area contributed by atoms with E-state index < -0.39 is 0 Å². The molecule has 0 aliphatic heterocycles. The highest BCUT2D eigenvalue weighted by atomic mass is 32.2. The van der Waals surface area contributed by atoms with E-state index in [1.165, 1.54) is 0 Å². The number of hydrogen-bond donors (Lipinski definition) is 2. The number of fused-ring (bicyclic) bond motifs is 1. The molecule has 24 heavy (non-hydrogen) atoms. The normalized spacial score (nSPS) is 10.9. The smallest absolute Gasteiger partial charge is 0.326 e. The van der Waals surface area contributed by atoms with Crippen molar-refractivity contribution in [2.24, 2.45) is 0 Å². The van der Waals surface area contributed by atoms with Gasteiger partial charge in [0.2, 0.25) is 0 Å². The van der Waals surface area contributed by atoms with Crippen LogP contribution in [-0.4, -0.2) is 28.3 Å². The van der Waals surface area contributed by atoms with Crippen molar-refractivity contribution >= 4 is 28.7 Å². The Morgan fingerprint density at radius 3 is 2.67 bits per heavy atom. The van der Waals surface area contributed by atoms with Crippen molar-refractivity contribution in [3.05, 3.63) is 64.6 Å². The molecule has 3 rings (SSSR count). The zero-order valence-corrected chi connectivity index (χ0v) is 14.2. The molecule has 1 heterocycles. The first-order chi connectivity index (χ1) is 11.7. The number of imidazole rings is 1. The van der Waals surface area contributed by atoms with Gasteiger partial charge in [0.1, 0.15) is 0 Å². The Bertz CT molecular complexity index is 897. The molecule has 0 atom stereocenters. The first-order valence-corrected chi connectivity index (χ1v) is 8.80. The van der Waals surface area contributed by atoms with Crippen LogP contribution in [0.2, 0.25) is 0 Å². The van der Waals surface area contributed by atoms with Crippen LogP contribution in [-0.2, 0) is 6.54 Å². The number of carbonyl (C=O) groups is 1. The fraction of sp³-hybridized carbons (Fsp3) is 0.222. The van der Waals surface area contributed by atoms with Gasteiger partial charge in [-0.1, -0.05) is 12.1 Å². The Labute approximate surface area is 144 Å². The van der Waals surface area contributed by atoms with E-state index in [1.54, 1.807) is 23.4 Å². The van der Waals surface area contributed by atoms with E-state index in [9.17, 15) is 9.59 Å². The number of amides is 1. The van der Waals surface area contributed by atoms with E-state index in [2.05, 4.69) is 10.3 Å². The van der Waals surface area contributed by atoms with Crippen molar-refractivity contribution in [2.45, 2.75) is 17.9 Å². The van der Waals surface area contributed by atoms with Crippen LogP contribution in [0, 0.1) is 0 Å². The maximum absolute atomic E-state index is 12.0. The van der Waals surface area contributed by atoms with Gasteiger partial charge in [-0.05, 0) is 48.6 Å². The minimum Gasteiger partial charge on any atom is -0.355 e. The number of nitrogens with zero attached hydrogens (tertiary/aromatic N) is 1. The molecule has 0 saturated carbocycles. The fourth-order valence-electron chi connectivity index (χ4n) is 2.59. The monoisotopic (exact) mass is 341 g/mol. The molecule has 1 aromatic heterocycles. The third-order valence-electron chi connectivity index (χ3n) is 3.82. The quantitative estimate of drug-likeness (QED) is 0.535. The molecule has 0 bridgehead atoms. The topological polar surface area (TPSA) is 66.9 Å². The Kier molecular flexibility index (Phi) is 5.05. The highest BCUT2D eigenvalue weighted by molar-refractivity contribution is 7.99. The molecule has 1 amide bonds. The van der Waals surface area contributed by atoms with Gasteiger partial charge in [0.15, 0.2) is 0 Å². The molecule has 0 spiro atoms. The van der Waals surface area contributed by atoms with Gasteiger partial charge in [0, 0.05) is 24.1 Å². The zero-order chi connectivity index (χ0) is 16.9. The van der Waals surface area contributed by atoms with Gasteiger partial charge in [0.05, 0.1) is 11.0 Å². The summed E-state index contributed by atoms with van der Waals surface area (Å²) < 4.78 is 1.78. The van der Waals surface area contributed by atoms with Crippen molar-refractivity contribution in [2.75, 3.05) is 12.8 Å². The molecule has 2 N–H and O–H groups in total. The van der Waals surface area contributed by atoms with Gasteiger partial charge in [-0.25, -0.2) is 4.79 Å². The summed E-state index contributed by atoms with van der Waals surface area (Å²) in [4.78, 5) is 27.5. The molecule has 2 aromatic carbocycles. The van der Waals surface area contributed by atoms with E-state index in [0.717, 1.165) is 28.1 Å². The second-order valence-electron chi connectivity index (χ2n) is 5.40. The third kappa shape index (κ3) is 3.54. The van der Waals surface area contributed by atoms with Gasteiger partial charge >= 0.3 is 5.69 Å². The Hall–Kier alpha value is -2.47. The summed E-state index contributed by atoms with van der Waals surface area (Å²) in [6.07, 6.45) is 0.892. The molecule has 0 aliphatic rings. The van der Waals surface area contributed by atoms with Crippen LogP contribution in [0.5, 0.6) is 0 Å². The van der Waals surface area contributed by atoms with Crippen molar-refractivity contribution < 1.29 is 4.79 Å². The maximum Gasteiger partial charge on any atom is 0.326 e. The lowest BCUT2D eigenvalue weighted by Crippen LogP contribution is -2.17. The molecule has 124 valence electrons. The van der Waals surface area contributed by atoms with Gasteiger partial charge in [-0.15, -0.1) is 11.8 Å². The van der Waals surface area contributed by atoms with Crippen LogP contribution in [0.1, 0.15) is 16.8 Å². The summed E-state index contributed by atoms with van der Waals surface area (Å²) in [5, 5.41) is 2.61. The molecule has 0 unspecified atom stereocenters. The lowest BCUT2D eigenvalue weighted by molar-refractivity contribution is 0.0963. The lowest BCUT2D eigenvalue weighted by Gasteiger charge is -2.05. The SMILES string of the molecule is CNC(=O)c1ccc(SCCCn2c(=O)[nH]c3ccccc32)cc1. The summed E-state index contributed by atoms with van der Waals surface area (Å²) in [7, 11) is 1.62. The number of carbonyl (C=O) groups excluding carboxylic acids is 1. The number of benzene rings is 2. The standard InChI is InChI=1S/C18H19N3O2S/c1-19-17(22)13-7-9-14(10-8-13)24-12-4-11-21-16-6-3-2-5-15(16)20-18(21)23/h2-3,5-10H,4,11-12H2,1H3,(H,19,22)(H,20,23). The van der Waals surface area contributed by atoms with Gasteiger partial charge in [0.25, 0.3) is 5.91 Å². The number of aromatic nitrogens is 2. The second kappa shape index (κ2) is 7.40. The highest BCUT2D eigenvalue weighted by Crippen LogP contribution is 2.20. The molecule has 0 aliphatic carbocycles. The first kappa shape index (κ1) is 16.4. The van der Waals surface area contributed by atoms with Crippen LogP contribution in [0.15, 0.2) is 58.2 Å². The predicted octanol–water partition coefficient (Wildman–Crippen LogP) is 2.87. The number of para-hydroxylation sites is 2. The summed E-state index contributed by atoms with van der Waals surface area (Å²) in [5.74, 6) is 0.830. The Morgan fingerprint density at radius 2 is 1.92 bits per heavy atom. The van der Waals surface area contributed by atoms with Crippen molar-refractivity contribution in [3.63, 3.8) is 0 Å². The van der Waals surface area contributed by atoms with Gasteiger partial charge in [-0.3, -0.25) is 9.36 Å². The van der Waals surface area contributed by atoms with E-state index in [0.29, 0.717) is 12.1 Å². The summed E-state index contributed by atoms with van der Waals surface area (Å²) in [6, 6.07) is 15.3. The predicted molar refractivity (Wildman–Crippen MR) is 97.7 cm³/mol. The average Bonchev–Trinajstić information content (AvgIpc) is 2.94. The van der Waals surface area contributed by atoms with Crippen LogP contribution in [0.25, 0.3) is 11.0 Å².